The van der Waals surface area contributed by atoms with Crippen molar-refractivity contribution < 1.29 is 4.79 Å². The summed E-state index contributed by atoms with van der Waals surface area (Å²) in [4.78, 5) is 12.1. The van der Waals surface area contributed by atoms with Gasteiger partial charge in [-0.15, -0.1) is 0 Å². The number of halogens is 1. The number of carbonyl (C=O) groups is 1. The van der Waals surface area contributed by atoms with E-state index in [9.17, 15) is 4.79 Å². The van der Waals surface area contributed by atoms with Gasteiger partial charge in [0.2, 0.25) is 0 Å². The predicted molar refractivity (Wildman–Crippen MR) is 101 cm³/mol. The van der Waals surface area contributed by atoms with Crippen LogP contribution in [0.1, 0.15) is 34.0 Å². The van der Waals surface area contributed by atoms with Crippen LogP contribution in [-0.4, -0.2) is 5.78 Å². The summed E-state index contributed by atoms with van der Waals surface area (Å²) in [6, 6.07) is 25.5. The van der Waals surface area contributed by atoms with Crippen LogP contribution in [-0.2, 0) is 0 Å². The van der Waals surface area contributed by atoms with E-state index in [1.165, 1.54) is 0 Å². The topological polar surface area (TPSA) is 17.1 Å². The second-order valence-corrected chi connectivity index (χ2v) is 5.96. The van der Waals surface area contributed by atoms with Crippen LogP contribution in [0.2, 0.25) is 5.02 Å². The van der Waals surface area contributed by atoms with Gasteiger partial charge >= 0.3 is 0 Å². The molecule has 0 saturated carbocycles. The Morgan fingerprint density at radius 2 is 1.46 bits per heavy atom. The van der Waals surface area contributed by atoms with Crippen molar-refractivity contribution in [1.29, 1.82) is 0 Å². The van der Waals surface area contributed by atoms with Gasteiger partial charge in [0.25, 0.3) is 0 Å². The average molecular weight is 333 g/mol. The predicted octanol–water partition coefficient (Wildman–Crippen LogP) is 6.13. The number of carbonyl (C=O) groups excluding carboxylic acids is 1. The summed E-state index contributed by atoms with van der Waals surface area (Å²) >= 11 is 6.49. The Bertz CT molecular complexity index is 880. The maximum atomic E-state index is 12.1. The van der Waals surface area contributed by atoms with E-state index in [4.69, 9.17) is 11.6 Å². The molecule has 0 aliphatic rings. The first-order chi connectivity index (χ1) is 11.7. The second-order valence-electron chi connectivity index (χ2n) is 5.55. The fourth-order valence-electron chi connectivity index (χ4n) is 2.72. The van der Waals surface area contributed by atoms with Crippen molar-refractivity contribution >= 4 is 29.0 Å². The van der Waals surface area contributed by atoms with E-state index >= 15 is 0 Å². The Hall–Kier alpha value is -2.64. The molecule has 1 nitrogen and oxygen atoms in total. The molecule has 3 aromatic carbocycles. The average Bonchev–Trinajstić information content (AvgIpc) is 2.61. The van der Waals surface area contributed by atoms with Crippen LogP contribution in [0.3, 0.4) is 0 Å². The molecular weight excluding hydrogens is 316 g/mol. The lowest BCUT2D eigenvalue weighted by Gasteiger charge is -2.14. The fraction of sp³-hybridized carbons (Fsp3) is 0.0455. The van der Waals surface area contributed by atoms with Crippen LogP contribution in [0, 0.1) is 0 Å². The van der Waals surface area contributed by atoms with E-state index in [1.807, 2.05) is 78.9 Å². The Labute approximate surface area is 147 Å². The van der Waals surface area contributed by atoms with Crippen LogP contribution in [0.5, 0.6) is 0 Å². The minimum Gasteiger partial charge on any atom is -0.294 e. The molecule has 118 valence electrons. The molecule has 2 heteroatoms. The van der Waals surface area contributed by atoms with Gasteiger partial charge in [0, 0.05) is 16.1 Å². The lowest BCUT2D eigenvalue weighted by Crippen LogP contribution is -2.01. The summed E-state index contributed by atoms with van der Waals surface area (Å²) < 4.78 is 0. The van der Waals surface area contributed by atoms with E-state index in [0.717, 1.165) is 22.3 Å². The highest BCUT2D eigenvalue weighted by Crippen LogP contribution is 2.34. The Kier molecular flexibility index (Phi) is 4.93. The number of Topliss-reactive ketones (excluding diaryl/α,β-unsaturated/α-hetero) is 1. The van der Waals surface area contributed by atoms with Gasteiger partial charge in [0.1, 0.15) is 0 Å². The van der Waals surface area contributed by atoms with Gasteiger partial charge in [0.05, 0.1) is 0 Å². The molecule has 0 aromatic heterocycles. The normalized spacial score (nSPS) is 11.3. The fourth-order valence-corrected chi connectivity index (χ4v) is 3.00. The molecule has 0 bridgehead atoms. The smallest absolute Gasteiger partial charge is 0.160 e. The SMILES string of the molecule is CC(=O)c1cccc(Cl)c1/C(=C/c1ccccc1)c1ccccc1. The van der Waals surface area contributed by atoms with E-state index in [-0.39, 0.29) is 5.78 Å². The molecular formula is C22H17ClO. The molecule has 0 amide bonds. The zero-order valence-electron chi connectivity index (χ0n) is 13.4. The van der Waals surface area contributed by atoms with E-state index < -0.39 is 0 Å². The minimum atomic E-state index is 0.00222. The molecule has 24 heavy (non-hydrogen) atoms. The highest BCUT2D eigenvalue weighted by atomic mass is 35.5. The molecule has 0 atom stereocenters. The van der Waals surface area contributed by atoms with Gasteiger partial charge in [-0.3, -0.25) is 4.79 Å². The largest absolute Gasteiger partial charge is 0.294 e. The van der Waals surface area contributed by atoms with Gasteiger partial charge in [-0.2, -0.15) is 0 Å². The number of hydrogen-bond donors (Lipinski definition) is 0. The first-order valence-electron chi connectivity index (χ1n) is 7.79. The monoisotopic (exact) mass is 332 g/mol. The first kappa shape index (κ1) is 16.2. The standard InChI is InChI=1S/C22H17ClO/c1-16(24)19-13-8-14-21(23)22(19)20(18-11-6-3-7-12-18)15-17-9-4-2-5-10-17/h2-15H,1H3/b20-15+. The lowest BCUT2D eigenvalue weighted by atomic mass is 9.91. The number of benzene rings is 3. The van der Waals surface area contributed by atoms with Crippen molar-refractivity contribution in [1.82, 2.24) is 0 Å². The van der Waals surface area contributed by atoms with Crippen LogP contribution in [0.25, 0.3) is 11.6 Å². The minimum absolute atomic E-state index is 0.00222. The molecule has 0 fully saturated rings. The Morgan fingerprint density at radius 1 is 0.833 bits per heavy atom. The third-order valence-corrected chi connectivity index (χ3v) is 4.17. The van der Waals surface area contributed by atoms with Gasteiger partial charge in [-0.25, -0.2) is 0 Å². The quantitative estimate of drug-likeness (QED) is 0.415. The summed E-state index contributed by atoms with van der Waals surface area (Å²) in [5.41, 5.74) is 4.44. The van der Waals surface area contributed by atoms with Gasteiger partial charge < -0.3 is 0 Å². The third kappa shape index (κ3) is 3.47. The zero-order chi connectivity index (χ0) is 16.9. The van der Waals surface area contributed by atoms with E-state index in [0.29, 0.717) is 10.6 Å². The molecule has 0 heterocycles. The molecule has 0 saturated heterocycles. The summed E-state index contributed by atoms with van der Waals surface area (Å²) in [6.45, 7) is 1.57. The van der Waals surface area contributed by atoms with Crippen molar-refractivity contribution in [3.8, 4) is 0 Å². The third-order valence-electron chi connectivity index (χ3n) is 3.86. The Balaban J connectivity index is 2.28. The summed E-state index contributed by atoms with van der Waals surface area (Å²) in [5, 5.41) is 0.578. The first-order valence-corrected chi connectivity index (χ1v) is 8.16. The van der Waals surface area contributed by atoms with Crippen molar-refractivity contribution in [3.63, 3.8) is 0 Å². The van der Waals surface area contributed by atoms with Gasteiger partial charge in [-0.05, 0) is 35.8 Å². The molecule has 0 aliphatic heterocycles. The molecule has 0 aliphatic carbocycles. The highest BCUT2D eigenvalue weighted by Gasteiger charge is 2.16. The van der Waals surface area contributed by atoms with Crippen LogP contribution in [0.4, 0.5) is 0 Å². The summed E-state index contributed by atoms with van der Waals surface area (Å²) in [5.74, 6) is 0.00222. The van der Waals surface area contributed by atoms with E-state index in [2.05, 4.69) is 6.08 Å². The number of rotatable bonds is 4. The van der Waals surface area contributed by atoms with Crippen molar-refractivity contribution in [2.75, 3.05) is 0 Å². The van der Waals surface area contributed by atoms with Crippen molar-refractivity contribution in [2.45, 2.75) is 6.92 Å². The van der Waals surface area contributed by atoms with Crippen LogP contribution >= 0.6 is 11.6 Å². The van der Waals surface area contributed by atoms with Crippen molar-refractivity contribution in [2.24, 2.45) is 0 Å². The Morgan fingerprint density at radius 3 is 2.08 bits per heavy atom. The van der Waals surface area contributed by atoms with Crippen LogP contribution < -0.4 is 0 Å². The van der Waals surface area contributed by atoms with E-state index in [1.54, 1.807) is 6.92 Å². The second kappa shape index (κ2) is 7.29. The summed E-state index contributed by atoms with van der Waals surface area (Å²) in [6.07, 6.45) is 2.07. The summed E-state index contributed by atoms with van der Waals surface area (Å²) in [7, 11) is 0. The lowest BCUT2D eigenvalue weighted by molar-refractivity contribution is 0.101. The van der Waals surface area contributed by atoms with Crippen LogP contribution in [0.15, 0.2) is 78.9 Å². The highest BCUT2D eigenvalue weighted by molar-refractivity contribution is 6.33. The molecule has 0 radical (unpaired) electrons. The maximum absolute atomic E-state index is 12.1. The molecule has 3 rings (SSSR count). The molecule has 3 aromatic rings. The molecule has 0 unspecified atom stereocenters. The number of ketones is 1. The molecule has 0 N–H and O–H groups in total. The van der Waals surface area contributed by atoms with Gasteiger partial charge in [0.15, 0.2) is 5.78 Å². The maximum Gasteiger partial charge on any atom is 0.160 e. The van der Waals surface area contributed by atoms with Crippen molar-refractivity contribution in [3.05, 3.63) is 106 Å². The number of hydrogen-bond acceptors (Lipinski definition) is 1. The van der Waals surface area contributed by atoms with Gasteiger partial charge in [-0.1, -0.05) is 84.4 Å². The molecule has 0 spiro atoms. The zero-order valence-corrected chi connectivity index (χ0v) is 14.1.